The van der Waals surface area contributed by atoms with E-state index >= 15 is 0 Å². The number of halogens is 1. The Morgan fingerprint density at radius 2 is 1.75 bits per heavy atom. The molecule has 1 aliphatic rings. The second-order valence-corrected chi connectivity index (χ2v) is 7.33. The Morgan fingerprint density at radius 3 is 2.39 bits per heavy atom. The number of nitrogens with one attached hydrogen (secondary N) is 1. The highest BCUT2D eigenvalue weighted by Gasteiger charge is 2.37. The van der Waals surface area contributed by atoms with E-state index in [0.717, 1.165) is 20.5 Å². The number of urea groups is 1. The average molecular weight is 443 g/mol. The molecule has 28 heavy (non-hydrogen) atoms. The molecule has 0 saturated carbocycles. The first-order chi connectivity index (χ1) is 13.3. The fraction of sp³-hybridized carbons (Fsp3) is 0.190. The van der Waals surface area contributed by atoms with Gasteiger partial charge in [0.1, 0.15) is 11.3 Å². The molecule has 1 heterocycles. The molecule has 4 amide bonds. The van der Waals surface area contributed by atoms with E-state index in [1.807, 2.05) is 26.8 Å². The summed E-state index contributed by atoms with van der Waals surface area (Å²) in [4.78, 5) is 38.8. The lowest BCUT2D eigenvalue weighted by Crippen LogP contribution is -2.54. The topological polar surface area (TPSA) is 75.7 Å². The van der Waals surface area contributed by atoms with Crippen LogP contribution >= 0.6 is 15.9 Å². The third kappa shape index (κ3) is 3.99. The lowest BCUT2D eigenvalue weighted by atomic mass is 10.0. The molecule has 0 aliphatic carbocycles. The molecule has 7 heteroatoms. The van der Waals surface area contributed by atoms with Crippen LogP contribution in [0.15, 0.2) is 46.4 Å². The van der Waals surface area contributed by atoms with E-state index in [1.54, 1.807) is 30.3 Å². The third-order valence-corrected chi connectivity index (χ3v) is 4.63. The van der Waals surface area contributed by atoms with Gasteiger partial charge in [0, 0.05) is 10.0 Å². The van der Waals surface area contributed by atoms with Crippen LogP contribution < -0.4 is 15.0 Å². The maximum absolute atomic E-state index is 13.1. The number of hydrogen-bond donors (Lipinski definition) is 1. The maximum Gasteiger partial charge on any atom is 0.335 e. The number of carbonyl (C=O) groups is 3. The Labute approximate surface area is 171 Å². The Bertz CT molecular complexity index is 993. The van der Waals surface area contributed by atoms with Crippen molar-refractivity contribution in [2.45, 2.75) is 20.8 Å². The third-order valence-electron chi connectivity index (χ3n) is 4.14. The molecule has 0 radical (unpaired) electrons. The molecule has 0 atom stereocenters. The van der Waals surface area contributed by atoms with Crippen molar-refractivity contribution >= 4 is 45.5 Å². The largest absolute Gasteiger partial charge is 0.493 e. The predicted molar refractivity (Wildman–Crippen MR) is 110 cm³/mol. The summed E-state index contributed by atoms with van der Waals surface area (Å²) in [6.07, 6.45) is 1.44. The minimum Gasteiger partial charge on any atom is -0.493 e. The summed E-state index contributed by atoms with van der Waals surface area (Å²) < 4.78 is 6.35. The molecule has 1 N–H and O–H groups in total. The van der Waals surface area contributed by atoms with Gasteiger partial charge in [0.25, 0.3) is 11.8 Å². The first kappa shape index (κ1) is 19.8. The average Bonchev–Trinajstić information content (AvgIpc) is 2.60. The summed E-state index contributed by atoms with van der Waals surface area (Å²) in [6, 6.07) is 9.92. The lowest BCUT2D eigenvalue weighted by Gasteiger charge is -2.27. The monoisotopic (exact) mass is 442 g/mol. The number of rotatable bonds is 4. The zero-order chi connectivity index (χ0) is 20.4. The van der Waals surface area contributed by atoms with Crippen molar-refractivity contribution in [1.82, 2.24) is 5.32 Å². The second kappa shape index (κ2) is 7.98. The summed E-state index contributed by atoms with van der Waals surface area (Å²) in [5.41, 5.74) is 2.65. The lowest BCUT2D eigenvalue weighted by molar-refractivity contribution is -0.122. The molecule has 2 aromatic rings. The van der Waals surface area contributed by atoms with Crippen molar-refractivity contribution < 1.29 is 19.1 Å². The van der Waals surface area contributed by atoms with Crippen LogP contribution in [0.25, 0.3) is 6.08 Å². The van der Waals surface area contributed by atoms with Crippen molar-refractivity contribution in [2.24, 2.45) is 0 Å². The van der Waals surface area contributed by atoms with Crippen LogP contribution in [0.4, 0.5) is 10.5 Å². The Kier molecular flexibility index (Phi) is 5.65. The van der Waals surface area contributed by atoms with Gasteiger partial charge < -0.3 is 4.74 Å². The standard InChI is InChI=1S/C21H19BrN2O4/c1-4-28-18-6-5-15(22)10-14(18)11-17-19(25)23-21(27)24(20(17)26)16-8-12(2)7-13(3)9-16/h5-11H,4H2,1-3H3,(H,23,25,27)/b17-11+. The van der Waals surface area contributed by atoms with E-state index in [9.17, 15) is 14.4 Å². The number of hydrogen-bond acceptors (Lipinski definition) is 4. The van der Waals surface area contributed by atoms with Crippen LogP contribution in [0.2, 0.25) is 0 Å². The van der Waals surface area contributed by atoms with Gasteiger partial charge in [-0.25, -0.2) is 9.69 Å². The first-order valence-corrected chi connectivity index (χ1v) is 9.51. The summed E-state index contributed by atoms with van der Waals surface area (Å²) in [5.74, 6) is -0.882. The van der Waals surface area contributed by atoms with Crippen molar-refractivity contribution in [3.05, 3.63) is 63.1 Å². The summed E-state index contributed by atoms with van der Waals surface area (Å²) >= 11 is 3.38. The van der Waals surface area contributed by atoms with Gasteiger partial charge in [0.05, 0.1) is 12.3 Å². The molecule has 0 spiro atoms. The highest BCUT2D eigenvalue weighted by molar-refractivity contribution is 9.10. The molecule has 2 aromatic carbocycles. The predicted octanol–water partition coefficient (Wildman–Crippen LogP) is 4.13. The van der Waals surface area contributed by atoms with Crippen molar-refractivity contribution in [3.8, 4) is 5.75 Å². The minimum atomic E-state index is -0.767. The van der Waals surface area contributed by atoms with E-state index in [1.165, 1.54) is 6.08 Å². The highest BCUT2D eigenvalue weighted by atomic mass is 79.9. The Hall–Kier alpha value is -2.93. The van der Waals surface area contributed by atoms with Gasteiger partial charge in [-0.2, -0.15) is 0 Å². The molecule has 1 aliphatic heterocycles. The smallest absolute Gasteiger partial charge is 0.335 e. The van der Waals surface area contributed by atoms with Gasteiger partial charge in [-0.3, -0.25) is 14.9 Å². The van der Waals surface area contributed by atoms with Crippen LogP contribution in [-0.2, 0) is 9.59 Å². The van der Waals surface area contributed by atoms with Crippen molar-refractivity contribution in [3.63, 3.8) is 0 Å². The zero-order valence-electron chi connectivity index (χ0n) is 15.7. The molecule has 0 unspecified atom stereocenters. The van der Waals surface area contributed by atoms with E-state index in [0.29, 0.717) is 23.6 Å². The van der Waals surface area contributed by atoms with E-state index in [-0.39, 0.29) is 5.57 Å². The van der Waals surface area contributed by atoms with Crippen molar-refractivity contribution in [2.75, 3.05) is 11.5 Å². The molecule has 6 nitrogen and oxygen atoms in total. The number of carbonyl (C=O) groups excluding carboxylic acids is 3. The van der Waals surface area contributed by atoms with E-state index in [2.05, 4.69) is 21.2 Å². The zero-order valence-corrected chi connectivity index (χ0v) is 17.3. The van der Waals surface area contributed by atoms with Crippen LogP contribution in [-0.4, -0.2) is 24.5 Å². The minimum absolute atomic E-state index is 0.141. The molecule has 0 bridgehead atoms. The molecule has 144 valence electrons. The molecular weight excluding hydrogens is 424 g/mol. The number of ether oxygens (including phenoxy) is 1. The highest BCUT2D eigenvalue weighted by Crippen LogP contribution is 2.28. The molecular formula is C21H19BrN2O4. The van der Waals surface area contributed by atoms with Gasteiger partial charge in [0.2, 0.25) is 0 Å². The SMILES string of the molecule is CCOc1ccc(Br)cc1/C=C1\C(=O)NC(=O)N(c2cc(C)cc(C)c2)C1=O. The van der Waals surface area contributed by atoms with Crippen LogP contribution in [0.5, 0.6) is 5.75 Å². The van der Waals surface area contributed by atoms with Crippen LogP contribution in [0.3, 0.4) is 0 Å². The summed E-state index contributed by atoms with van der Waals surface area (Å²) in [7, 11) is 0. The van der Waals surface area contributed by atoms with Gasteiger partial charge in [0.15, 0.2) is 0 Å². The van der Waals surface area contributed by atoms with Crippen molar-refractivity contribution in [1.29, 1.82) is 0 Å². The van der Waals surface area contributed by atoms with Crippen LogP contribution in [0.1, 0.15) is 23.6 Å². The molecule has 1 saturated heterocycles. The van der Waals surface area contributed by atoms with Gasteiger partial charge in [-0.15, -0.1) is 0 Å². The Morgan fingerprint density at radius 1 is 1.07 bits per heavy atom. The first-order valence-electron chi connectivity index (χ1n) is 8.72. The quantitative estimate of drug-likeness (QED) is 0.570. The number of nitrogens with zero attached hydrogens (tertiary/aromatic N) is 1. The van der Waals surface area contributed by atoms with E-state index < -0.39 is 17.8 Å². The molecule has 0 aromatic heterocycles. The number of imide groups is 2. The van der Waals surface area contributed by atoms with Gasteiger partial charge in [-0.05, 0) is 68.3 Å². The summed E-state index contributed by atoms with van der Waals surface area (Å²) in [6.45, 7) is 6.03. The summed E-state index contributed by atoms with van der Waals surface area (Å²) in [5, 5.41) is 2.24. The fourth-order valence-corrected chi connectivity index (χ4v) is 3.43. The second-order valence-electron chi connectivity index (χ2n) is 6.42. The number of aryl methyl sites for hydroxylation is 2. The number of amides is 4. The fourth-order valence-electron chi connectivity index (χ4n) is 3.05. The number of barbiturate groups is 1. The van der Waals surface area contributed by atoms with Crippen LogP contribution in [0, 0.1) is 13.8 Å². The normalized spacial score (nSPS) is 15.8. The van der Waals surface area contributed by atoms with E-state index in [4.69, 9.17) is 4.74 Å². The van der Waals surface area contributed by atoms with Gasteiger partial charge >= 0.3 is 6.03 Å². The number of anilines is 1. The Balaban J connectivity index is 2.08. The maximum atomic E-state index is 13.1. The molecule has 1 fully saturated rings. The molecule has 3 rings (SSSR count). The number of benzene rings is 2. The van der Waals surface area contributed by atoms with Gasteiger partial charge in [-0.1, -0.05) is 22.0 Å².